The second-order valence-corrected chi connectivity index (χ2v) is 2.31. The first-order valence-corrected chi connectivity index (χ1v) is 3.31. The van der Waals surface area contributed by atoms with Gasteiger partial charge in [-0.2, -0.15) is 0 Å². The lowest BCUT2D eigenvalue weighted by molar-refractivity contribution is 1.17. The van der Waals surface area contributed by atoms with Crippen LogP contribution in [0.3, 0.4) is 0 Å². The van der Waals surface area contributed by atoms with E-state index in [4.69, 9.17) is 6.42 Å². The Labute approximate surface area is 67.0 Å². The molecule has 0 aliphatic carbocycles. The molecule has 0 saturated heterocycles. The molecule has 3 nitrogen and oxygen atoms in total. The largest absolute Gasteiger partial charge is 0.298 e. The summed E-state index contributed by atoms with van der Waals surface area (Å²) in [7, 11) is 0. The van der Waals surface area contributed by atoms with Crippen molar-refractivity contribution in [3.63, 3.8) is 0 Å². The normalized spacial score (nSPS) is 8.40. The molecular formula is C6H4BrN3. The minimum absolute atomic E-state index is 0.575. The molecule has 0 aromatic carbocycles. The molecule has 0 unspecified atom stereocenters. The van der Waals surface area contributed by atoms with Crippen molar-refractivity contribution in [2.24, 2.45) is 0 Å². The van der Waals surface area contributed by atoms with Crippen LogP contribution >= 0.6 is 15.9 Å². The summed E-state index contributed by atoms with van der Waals surface area (Å²) in [6.45, 7) is 0. The van der Waals surface area contributed by atoms with Crippen LogP contribution in [0.1, 0.15) is 0 Å². The zero-order chi connectivity index (χ0) is 7.40. The number of aromatic nitrogens is 2. The highest BCUT2D eigenvalue weighted by Crippen LogP contribution is 2.04. The number of hydrogen-bond donors (Lipinski definition) is 1. The Morgan fingerprint density at radius 1 is 1.50 bits per heavy atom. The molecule has 4 heteroatoms. The molecule has 0 aliphatic heterocycles. The second-order valence-electron chi connectivity index (χ2n) is 1.49. The van der Waals surface area contributed by atoms with E-state index in [1.165, 1.54) is 0 Å². The van der Waals surface area contributed by atoms with Crippen LogP contribution in [0.4, 0.5) is 5.82 Å². The first-order chi connectivity index (χ1) is 4.83. The minimum atomic E-state index is 0.575. The predicted octanol–water partition coefficient (Wildman–Crippen LogP) is 1.24. The van der Waals surface area contributed by atoms with Gasteiger partial charge in [0.15, 0.2) is 5.82 Å². The van der Waals surface area contributed by atoms with Crippen molar-refractivity contribution in [1.82, 2.24) is 9.97 Å². The number of terminal acetylenes is 1. The van der Waals surface area contributed by atoms with Gasteiger partial charge in [0.05, 0.1) is 12.4 Å². The van der Waals surface area contributed by atoms with Gasteiger partial charge in [0.2, 0.25) is 0 Å². The number of halogens is 1. The molecule has 1 rings (SSSR count). The fraction of sp³-hybridized carbons (Fsp3) is 0. The summed E-state index contributed by atoms with van der Waals surface area (Å²) in [6, 6.07) is 2.24. The Morgan fingerprint density at radius 2 is 2.30 bits per heavy atom. The topological polar surface area (TPSA) is 37.8 Å². The number of nitrogens with one attached hydrogen (secondary N) is 1. The van der Waals surface area contributed by atoms with Crippen molar-refractivity contribution >= 4 is 21.7 Å². The van der Waals surface area contributed by atoms with Gasteiger partial charge >= 0.3 is 0 Å². The summed E-state index contributed by atoms with van der Waals surface area (Å²) in [5, 5.41) is 2.57. The van der Waals surface area contributed by atoms with Crippen LogP contribution in [0.2, 0.25) is 0 Å². The van der Waals surface area contributed by atoms with Gasteiger partial charge in [0, 0.05) is 6.04 Å². The number of hydrogen-bond acceptors (Lipinski definition) is 3. The van der Waals surface area contributed by atoms with Crippen LogP contribution in [0.15, 0.2) is 17.0 Å². The molecule has 1 N–H and O–H groups in total. The van der Waals surface area contributed by atoms with Gasteiger partial charge in [-0.3, -0.25) is 5.32 Å². The van der Waals surface area contributed by atoms with E-state index in [0.29, 0.717) is 10.4 Å². The van der Waals surface area contributed by atoms with E-state index in [2.05, 4.69) is 37.3 Å². The number of rotatable bonds is 1. The molecule has 0 saturated carbocycles. The van der Waals surface area contributed by atoms with Crippen molar-refractivity contribution in [1.29, 1.82) is 0 Å². The fourth-order valence-corrected chi connectivity index (χ4v) is 0.656. The average Bonchev–Trinajstić information content (AvgIpc) is 1.95. The monoisotopic (exact) mass is 197 g/mol. The van der Waals surface area contributed by atoms with Crippen molar-refractivity contribution in [3.8, 4) is 12.5 Å². The zero-order valence-corrected chi connectivity index (χ0v) is 6.59. The maximum Gasteiger partial charge on any atom is 0.156 e. The van der Waals surface area contributed by atoms with Gasteiger partial charge in [-0.1, -0.05) is 6.42 Å². The van der Waals surface area contributed by atoms with E-state index >= 15 is 0 Å². The molecule has 0 fully saturated rings. The molecule has 0 spiro atoms. The number of nitrogens with zero attached hydrogens (tertiary/aromatic N) is 2. The van der Waals surface area contributed by atoms with E-state index in [-0.39, 0.29) is 0 Å². The molecule has 0 radical (unpaired) electrons. The third kappa shape index (κ3) is 1.71. The highest BCUT2D eigenvalue weighted by atomic mass is 79.9. The lowest BCUT2D eigenvalue weighted by Crippen LogP contribution is -1.91. The molecule has 10 heavy (non-hydrogen) atoms. The SMILES string of the molecule is C#CNc1cnc(Br)cn1. The lowest BCUT2D eigenvalue weighted by atomic mass is 10.7. The van der Waals surface area contributed by atoms with Crippen LogP contribution in [0.25, 0.3) is 0 Å². The van der Waals surface area contributed by atoms with Crippen molar-refractivity contribution < 1.29 is 0 Å². The first-order valence-electron chi connectivity index (χ1n) is 2.52. The van der Waals surface area contributed by atoms with Gasteiger partial charge < -0.3 is 0 Å². The van der Waals surface area contributed by atoms with Gasteiger partial charge in [-0.25, -0.2) is 9.97 Å². The lowest BCUT2D eigenvalue weighted by Gasteiger charge is -1.93. The third-order valence-corrected chi connectivity index (χ3v) is 1.23. The standard InChI is InChI=1S/C6H4BrN3/c1-2-8-6-4-9-5(7)3-10-6/h1,3-4H,(H,8,10). The third-order valence-electron chi connectivity index (χ3n) is 0.821. The molecule has 0 atom stereocenters. The van der Waals surface area contributed by atoms with E-state index in [1.54, 1.807) is 12.4 Å². The smallest absolute Gasteiger partial charge is 0.156 e. The number of anilines is 1. The average molecular weight is 198 g/mol. The molecular weight excluding hydrogens is 194 g/mol. The van der Waals surface area contributed by atoms with Gasteiger partial charge in [-0.05, 0) is 15.9 Å². The van der Waals surface area contributed by atoms with Crippen LogP contribution in [0, 0.1) is 12.5 Å². The van der Waals surface area contributed by atoms with Crippen LogP contribution in [0.5, 0.6) is 0 Å². The maximum absolute atomic E-state index is 4.96. The van der Waals surface area contributed by atoms with Gasteiger partial charge in [0.1, 0.15) is 4.60 Å². The van der Waals surface area contributed by atoms with E-state index in [0.717, 1.165) is 0 Å². The second kappa shape index (κ2) is 3.18. The minimum Gasteiger partial charge on any atom is -0.298 e. The zero-order valence-electron chi connectivity index (χ0n) is 5.00. The van der Waals surface area contributed by atoms with E-state index < -0.39 is 0 Å². The molecule has 1 aromatic rings. The summed E-state index contributed by atoms with van der Waals surface area (Å²) < 4.78 is 0.690. The highest BCUT2D eigenvalue weighted by Gasteiger charge is 1.89. The Morgan fingerprint density at radius 3 is 2.80 bits per heavy atom. The summed E-state index contributed by atoms with van der Waals surface area (Å²) in [6.07, 6.45) is 8.07. The van der Waals surface area contributed by atoms with Crippen LogP contribution < -0.4 is 5.32 Å². The fourth-order valence-electron chi connectivity index (χ4n) is 0.451. The molecule has 1 aromatic heterocycles. The van der Waals surface area contributed by atoms with Crippen LogP contribution in [-0.4, -0.2) is 9.97 Å². The molecule has 0 aliphatic rings. The summed E-state index contributed by atoms with van der Waals surface area (Å²) >= 11 is 3.14. The Kier molecular flexibility index (Phi) is 2.24. The Hall–Kier alpha value is -1.08. The predicted molar refractivity (Wildman–Crippen MR) is 42.2 cm³/mol. The van der Waals surface area contributed by atoms with E-state index in [9.17, 15) is 0 Å². The van der Waals surface area contributed by atoms with Gasteiger partial charge in [-0.15, -0.1) is 0 Å². The molecule has 0 amide bonds. The van der Waals surface area contributed by atoms with Gasteiger partial charge in [0.25, 0.3) is 0 Å². The van der Waals surface area contributed by atoms with Crippen molar-refractivity contribution in [2.75, 3.05) is 5.32 Å². The first kappa shape index (κ1) is 7.03. The van der Waals surface area contributed by atoms with Crippen molar-refractivity contribution in [2.45, 2.75) is 0 Å². The summed E-state index contributed by atoms with van der Waals surface area (Å²) in [5.74, 6) is 0.575. The Bertz CT molecular complexity index is 249. The van der Waals surface area contributed by atoms with Crippen LogP contribution in [-0.2, 0) is 0 Å². The van der Waals surface area contributed by atoms with E-state index in [1.807, 2.05) is 0 Å². The molecule has 50 valence electrons. The highest BCUT2D eigenvalue weighted by molar-refractivity contribution is 9.10. The van der Waals surface area contributed by atoms with Crippen molar-refractivity contribution in [3.05, 3.63) is 17.0 Å². The summed E-state index contributed by atoms with van der Waals surface area (Å²) in [4.78, 5) is 7.80. The Balaban J connectivity index is 2.81. The summed E-state index contributed by atoms with van der Waals surface area (Å²) in [5.41, 5.74) is 0. The molecule has 0 bridgehead atoms. The molecule has 1 heterocycles. The maximum atomic E-state index is 4.96. The quantitative estimate of drug-likeness (QED) is 0.544.